The highest BCUT2D eigenvalue weighted by atomic mass is 32.2. The summed E-state index contributed by atoms with van der Waals surface area (Å²) in [6.45, 7) is 0.318. The molecule has 0 aliphatic carbocycles. The lowest BCUT2D eigenvalue weighted by atomic mass is 10.2. The van der Waals surface area contributed by atoms with Crippen LogP contribution in [0.2, 0.25) is 0 Å². The molecule has 1 saturated heterocycles. The average molecular weight is 340 g/mol. The molecular weight excluding hydrogens is 320 g/mol. The Morgan fingerprint density at radius 1 is 1.22 bits per heavy atom. The third-order valence-electron chi connectivity index (χ3n) is 3.67. The van der Waals surface area contributed by atoms with Crippen molar-refractivity contribution in [1.29, 1.82) is 0 Å². The van der Waals surface area contributed by atoms with E-state index in [2.05, 4.69) is 0 Å². The van der Waals surface area contributed by atoms with Gasteiger partial charge in [-0.25, -0.2) is 12.7 Å². The molecule has 1 amide bonds. The van der Waals surface area contributed by atoms with Crippen molar-refractivity contribution in [3.8, 4) is 0 Å². The molecule has 0 unspecified atom stereocenters. The number of carbonyl (C=O) groups excluding carboxylic acids is 1. The number of sulfonamides is 1. The Bertz CT molecular complexity index is 660. The molecule has 23 heavy (non-hydrogen) atoms. The van der Waals surface area contributed by atoms with Gasteiger partial charge in [0.1, 0.15) is 6.54 Å². The summed E-state index contributed by atoms with van der Waals surface area (Å²) in [5, 5.41) is 8.97. The molecule has 1 heterocycles. The fourth-order valence-electron chi connectivity index (χ4n) is 2.52. The standard InChI is InChI=1S/C15H20N2O5S/c18-14(7-9-17-8-4-10-23(17,21)22)16(12-15(19)20)11-13-5-2-1-3-6-13/h1-3,5-6H,4,7-12H2,(H,19,20). The zero-order chi connectivity index (χ0) is 16.9. The summed E-state index contributed by atoms with van der Waals surface area (Å²) < 4.78 is 24.7. The molecule has 1 N–H and O–H groups in total. The molecule has 126 valence electrons. The highest BCUT2D eigenvalue weighted by Gasteiger charge is 2.29. The minimum Gasteiger partial charge on any atom is -0.480 e. The fourth-order valence-corrected chi connectivity index (χ4v) is 4.05. The molecule has 1 aliphatic rings. The first kappa shape index (κ1) is 17.4. The molecule has 0 radical (unpaired) electrons. The van der Waals surface area contributed by atoms with Crippen molar-refractivity contribution in [2.75, 3.05) is 25.4 Å². The van der Waals surface area contributed by atoms with Crippen molar-refractivity contribution < 1.29 is 23.1 Å². The maximum Gasteiger partial charge on any atom is 0.323 e. The predicted molar refractivity (Wildman–Crippen MR) is 84.1 cm³/mol. The summed E-state index contributed by atoms with van der Waals surface area (Å²) in [6.07, 6.45) is 0.554. The normalized spacial score (nSPS) is 17.0. The Morgan fingerprint density at radius 2 is 1.91 bits per heavy atom. The summed E-state index contributed by atoms with van der Waals surface area (Å²) in [7, 11) is -3.24. The number of hydrogen-bond donors (Lipinski definition) is 1. The average Bonchev–Trinajstić information content (AvgIpc) is 2.83. The molecule has 0 aromatic heterocycles. The number of nitrogens with zero attached hydrogens (tertiary/aromatic N) is 2. The van der Waals surface area contributed by atoms with Crippen molar-refractivity contribution in [1.82, 2.24) is 9.21 Å². The summed E-state index contributed by atoms with van der Waals surface area (Å²) in [4.78, 5) is 24.5. The molecule has 1 aliphatic heterocycles. The third kappa shape index (κ3) is 5.04. The maximum absolute atomic E-state index is 12.3. The predicted octanol–water partition coefficient (Wildman–Crippen LogP) is 0.525. The van der Waals surface area contributed by atoms with Crippen LogP contribution in [0.4, 0.5) is 0 Å². The van der Waals surface area contributed by atoms with Crippen molar-refractivity contribution in [3.05, 3.63) is 35.9 Å². The first-order valence-electron chi connectivity index (χ1n) is 7.40. The van der Waals surface area contributed by atoms with Crippen molar-refractivity contribution in [2.24, 2.45) is 0 Å². The molecule has 0 atom stereocenters. The van der Waals surface area contributed by atoms with Gasteiger partial charge in [-0.3, -0.25) is 9.59 Å². The number of carbonyl (C=O) groups is 2. The van der Waals surface area contributed by atoms with Crippen molar-refractivity contribution in [3.63, 3.8) is 0 Å². The van der Waals surface area contributed by atoms with Gasteiger partial charge in [0, 0.05) is 26.1 Å². The highest BCUT2D eigenvalue weighted by Crippen LogP contribution is 2.14. The Balaban J connectivity index is 1.97. The molecule has 7 nitrogen and oxygen atoms in total. The molecular formula is C15H20N2O5S. The van der Waals surface area contributed by atoms with Gasteiger partial charge >= 0.3 is 5.97 Å². The zero-order valence-electron chi connectivity index (χ0n) is 12.7. The second-order valence-corrected chi connectivity index (χ2v) is 7.54. The molecule has 0 spiro atoms. The van der Waals surface area contributed by atoms with E-state index in [1.54, 1.807) is 0 Å². The van der Waals surface area contributed by atoms with E-state index >= 15 is 0 Å². The minimum atomic E-state index is -3.24. The number of carboxylic acids is 1. The van der Waals surface area contributed by atoms with Crippen LogP contribution in [0.1, 0.15) is 18.4 Å². The monoisotopic (exact) mass is 340 g/mol. The molecule has 1 aromatic rings. The van der Waals surface area contributed by atoms with Crippen LogP contribution in [-0.4, -0.2) is 60.0 Å². The molecule has 1 aromatic carbocycles. The van der Waals surface area contributed by atoms with Gasteiger partial charge in [0.25, 0.3) is 0 Å². The molecule has 2 rings (SSSR count). The second-order valence-electron chi connectivity index (χ2n) is 5.45. The quantitative estimate of drug-likeness (QED) is 0.781. The lowest BCUT2D eigenvalue weighted by Crippen LogP contribution is -2.37. The molecule has 0 bridgehead atoms. The summed E-state index contributed by atoms with van der Waals surface area (Å²) in [5.74, 6) is -1.34. The van der Waals surface area contributed by atoms with E-state index < -0.39 is 22.5 Å². The van der Waals surface area contributed by atoms with E-state index in [0.29, 0.717) is 13.0 Å². The SMILES string of the molecule is O=C(O)CN(Cc1ccccc1)C(=O)CCN1CCCS1(=O)=O. The smallest absolute Gasteiger partial charge is 0.323 e. The summed E-state index contributed by atoms with van der Waals surface area (Å²) in [5.41, 5.74) is 0.830. The molecule has 0 saturated carbocycles. The zero-order valence-corrected chi connectivity index (χ0v) is 13.5. The van der Waals surface area contributed by atoms with E-state index in [1.165, 1.54) is 9.21 Å². The van der Waals surface area contributed by atoms with E-state index in [9.17, 15) is 18.0 Å². The van der Waals surface area contributed by atoms with Crippen LogP contribution in [0.3, 0.4) is 0 Å². The van der Waals surface area contributed by atoms with Gasteiger partial charge in [0.2, 0.25) is 15.9 Å². The van der Waals surface area contributed by atoms with Gasteiger partial charge in [0.15, 0.2) is 0 Å². The molecule has 8 heteroatoms. The van der Waals surface area contributed by atoms with E-state index in [-0.39, 0.29) is 31.2 Å². The Morgan fingerprint density at radius 3 is 2.48 bits per heavy atom. The second kappa shape index (κ2) is 7.56. The van der Waals surface area contributed by atoms with Gasteiger partial charge < -0.3 is 10.0 Å². The van der Waals surface area contributed by atoms with Crippen LogP contribution in [-0.2, 0) is 26.2 Å². The first-order chi connectivity index (χ1) is 10.9. The summed E-state index contributed by atoms with van der Waals surface area (Å²) >= 11 is 0. The van der Waals surface area contributed by atoms with Crippen LogP contribution < -0.4 is 0 Å². The topological polar surface area (TPSA) is 95.0 Å². The summed E-state index contributed by atoms with van der Waals surface area (Å²) in [6, 6.07) is 9.09. The van der Waals surface area contributed by atoms with Gasteiger partial charge in [-0.15, -0.1) is 0 Å². The number of hydrogen-bond acceptors (Lipinski definition) is 4. The third-order valence-corrected chi connectivity index (χ3v) is 5.63. The van der Waals surface area contributed by atoms with Crippen molar-refractivity contribution in [2.45, 2.75) is 19.4 Å². The Labute approximate surface area is 135 Å². The Kier molecular flexibility index (Phi) is 5.73. The molecule has 1 fully saturated rings. The van der Waals surface area contributed by atoms with Gasteiger partial charge in [-0.05, 0) is 12.0 Å². The van der Waals surface area contributed by atoms with Crippen LogP contribution >= 0.6 is 0 Å². The number of aliphatic carboxylic acids is 1. The van der Waals surface area contributed by atoms with E-state index in [4.69, 9.17) is 5.11 Å². The largest absolute Gasteiger partial charge is 0.480 e. The van der Waals surface area contributed by atoms with Crippen LogP contribution in [0.5, 0.6) is 0 Å². The highest BCUT2D eigenvalue weighted by molar-refractivity contribution is 7.89. The van der Waals surface area contributed by atoms with Gasteiger partial charge in [-0.2, -0.15) is 0 Å². The van der Waals surface area contributed by atoms with Gasteiger partial charge in [0.05, 0.1) is 5.75 Å². The van der Waals surface area contributed by atoms with E-state index in [1.807, 2.05) is 30.3 Å². The van der Waals surface area contributed by atoms with Crippen LogP contribution in [0, 0.1) is 0 Å². The van der Waals surface area contributed by atoms with E-state index in [0.717, 1.165) is 5.56 Å². The lowest BCUT2D eigenvalue weighted by molar-refractivity contribution is -0.145. The van der Waals surface area contributed by atoms with Gasteiger partial charge in [-0.1, -0.05) is 30.3 Å². The lowest BCUT2D eigenvalue weighted by Gasteiger charge is -2.22. The van der Waals surface area contributed by atoms with Crippen LogP contribution in [0.25, 0.3) is 0 Å². The first-order valence-corrected chi connectivity index (χ1v) is 9.01. The minimum absolute atomic E-state index is 0.0145. The number of rotatable bonds is 7. The fraction of sp³-hybridized carbons (Fsp3) is 0.467. The van der Waals surface area contributed by atoms with Crippen molar-refractivity contribution >= 4 is 21.9 Å². The number of amides is 1. The number of benzene rings is 1. The maximum atomic E-state index is 12.3. The Hall–Kier alpha value is -1.93. The number of carboxylic acid groups (broad SMARTS) is 1. The van der Waals surface area contributed by atoms with Crippen LogP contribution in [0.15, 0.2) is 30.3 Å².